The van der Waals surface area contributed by atoms with Crippen molar-refractivity contribution in [3.63, 3.8) is 0 Å². The van der Waals surface area contributed by atoms with E-state index in [9.17, 15) is 0 Å². The Balaban J connectivity index is 2.16. The summed E-state index contributed by atoms with van der Waals surface area (Å²) in [6.07, 6.45) is 5.25. The zero-order valence-electron chi connectivity index (χ0n) is 6.03. The average Bonchev–Trinajstić information content (AvgIpc) is 2.58. The maximum absolute atomic E-state index is 4.21. The van der Waals surface area contributed by atoms with Crippen molar-refractivity contribution in [3.8, 4) is 0 Å². The normalized spacial score (nSPS) is 23.8. The summed E-state index contributed by atoms with van der Waals surface area (Å²) in [5, 5.41) is 3.70. The highest BCUT2D eigenvalue weighted by Gasteiger charge is 2.17. The molecule has 0 bridgehead atoms. The molecule has 1 atom stereocenters. The topological polar surface area (TPSA) is 37.8 Å². The molecule has 0 aromatic carbocycles. The lowest BCUT2D eigenvalue weighted by Gasteiger charge is -2.06. The van der Waals surface area contributed by atoms with E-state index in [1.165, 1.54) is 5.75 Å². The SMILES string of the molecule is c1cnc(C2NCCS2)cn1. The summed E-state index contributed by atoms with van der Waals surface area (Å²) in [6.45, 7) is 1.08. The van der Waals surface area contributed by atoms with E-state index < -0.39 is 0 Å². The molecule has 1 saturated heterocycles. The first-order valence-electron chi connectivity index (χ1n) is 3.58. The molecule has 2 rings (SSSR count). The lowest BCUT2D eigenvalue weighted by molar-refractivity contribution is 0.728. The van der Waals surface area contributed by atoms with Crippen molar-refractivity contribution < 1.29 is 0 Å². The van der Waals surface area contributed by atoms with E-state index in [4.69, 9.17) is 0 Å². The number of thioether (sulfide) groups is 1. The van der Waals surface area contributed by atoms with Crippen LogP contribution in [0.3, 0.4) is 0 Å². The van der Waals surface area contributed by atoms with Gasteiger partial charge in [-0.2, -0.15) is 0 Å². The molecule has 1 unspecified atom stereocenters. The molecule has 11 heavy (non-hydrogen) atoms. The molecule has 1 aliphatic rings. The van der Waals surface area contributed by atoms with Gasteiger partial charge in [-0.25, -0.2) is 0 Å². The molecular weight excluding hydrogens is 158 g/mol. The third kappa shape index (κ3) is 1.52. The van der Waals surface area contributed by atoms with E-state index in [0.717, 1.165) is 12.2 Å². The van der Waals surface area contributed by atoms with E-state index in [-0.39, 0.29) is 0 Å². The van der Waals surface area contributed by atoms with Crippen LogP contribution < -0.4 is 5.32 Å². The zero-order chi connectivity index (χ0) is 7.52. The summed E-state index contributed by atoms with van der Waals surface area (Å²) in [7, 11) is 0. The first-order chi connectivity index (χ1) is 5.47. The molecule has 4 heteroatoms. The summed E-state index contributed by atoms with van der Waals surface area (Å²) < 4.78 is 0. The van der Waals surface area contributed by atoms with Gasteiger partial charge in [0.2, 0.25) is 0 Å². The summed E-state index contributed by atoms with van der Waals surface area (Å²) in [5.74, 6) is 1.17. The van der Waals surface area contributed by atoms with Crippen molar-refractivity contribution in [2.45, 2.75) is 5.37 Å². The second-order valence-electron chi connectivity index (χ2n) is 2.34. The molecule has 0 amide bonds. The molecule has 1 N–H and O–H groups in total. The van der Waals surface area contributed by atoms with Crippen molar-refractivity contribution in [1.29, 1.82) is 0 Å². The Morgan fingerprint density at radius 3 is 3.18 bits per heavy atom. The Kier molecular flexibility index (Phi) is 2.05. The number of aromatic nitrogens is 2. The molecule has 0 radical (unpaired) electrons. The summed E-state index contributed by atoms with van der Waals surface area (Å²) >= 11 is 1.88. The number of nitrogens with one attached hydrogen (secondary N) is 1. The van der Waals surface area contributed by atoms with Crippen molar-refractivity contribution in [2.24, 2.45) is 0 Å². The van der Waals surface area contributed by atoms with Crippen LogP contribution in [-0.4, -0.2) is 22.3 Å². The van der Waals surface area contributed by atoms with Crippen molar-refractivity contribution in [2.75, 3.05) is 12.3 Å². The van der Waals surface area contributed by atoms with Gasteiger partial charge in [-0.15, -0.1) is 11.8 Å². The standard InChI is InChI=1S/C7H9N3S/c1-2-9-6(5-8-1)7-10-3-4-11-7/h1-2,5,7,10H,3-4H2. The fraction of sp³-hybridized carbons (Fsp3) is 0.429. The van der Waals surface area contributed by atoms with Crippen LogP contribution in [0.25, 0.3) is 0 Å². The molecule has 0 spiro atoms. The summed E-state index contributed by atoms with van der Waals surface area (Å²) in [6, 6.07) is 0. The first-order valence-corrected chi connectivity index (χ1v) is 4.62. The maximum atomic E-state index is 4.21. The monoisotopic (exact) mass is 167 g/mol. The zero-order valence-corrected chi connectivity index (χ0v) is 6.84. The van der Waals surface area contributed by atoms with Crippen LogP contribution in [0.15, 0.2) is 18.6 Å². The van der Waals surface area contributed by atoms with Gasteiger partial charge >= 0.3 is 0 Å². The van der Waals surface area contributed by atoms with Gasteiger partial charge in [-0.05, 0) is 0 Å². The van der Waals surface area contributed by atoms with Crippen LogP contribution in [0.2, 0.25) is 0 Å². The molecular formula is C7H9N3S. The quantitative estimate of drug-likeness (QED) is 0.671. The molecule has 1 fully saturated rings. The Morgan fingerprint density at radius 2 is 2.55 bits per heavy atom. The van der Waals surface area contributed by atoms with Crippen LogP contribution in [0.1, 0.15) is 11.1 Å². The number of hydrogen-bond donors (Lipinski definition) is 1. The Hall–Kier alpha value is -0.610. The van der Waals surface area contributed by atoms with Crippen LogP contribution >= 0.6 is 11.8 Å². The van der Waals surface area contributed by atoms with Crippen LogP contribution in [-0.2, 0) is 0 Å². The lowest BCUT2D eigenvalue weighted by Crippen LogP contribution is -2.13. The van der Waals surface area contributed by atoms with Gasteiger partial charge in [-0.3, -0.25) is 15.3 Å². The van der Waals surface area contributed by atoms with Gasteiger partial charge < -0.3 is 0 Å². The predicted octanol–water partition coefficient (Wildman–Crippen LogP) is 0.812. The molecule has 1 aromatic rings. The third-order valence-electron chi connectivity index (χ3n) is 1.57. The van der Waals surface area contributed by atoms with Crippen molar-refractivity contribution in [1.82, 2.24) is 15.3 Å². The first kappa shape index (κ1) is 7.06. The van der Waals surface area contributed by atoms with E-state index in [1.807, 2.05) is 18.0 Å². The average molecular weight is 167 g/mol. The molecule has 58 valence electrons. The summed E-state index contributed by atoms with van der Waals surface area (Å²) in [5.41, 5.74) is 1.04. The van der Waals surface area contributed by atoms with Gasteiger partial charge in [0.15, 0.2) is 0 Å². The minimum absolute atomic E-state index is 0.365. The minimum atomic E-state index is 0.365. The molecule has 3 nitrogen and oxygen atoms in total. The van der Waals surface area contributed by atoms with Crippen molar-refractivity contribution >= 4 is 11.8 Å². The molecule has 2 heterocycles. The van der Waals surface area contributed by atoms with Gasteiger partial charge in [0, 0.05) is 24.7 Å². The van der Waals surface area contributed by atoms with Gasteiger partial charge in [0.25, 0.3) is 0 Å². The van der Waals surface area contributed by atoms with Gasteiger partial charge in [0.05, 0.1) is 17.3 Å². The second kappa shape index (κ2) is 3.19. The number of hydrogen-bond acceptors (Lipinski definition) is 4. The van der Waals surface area contributed by atoms with Gasteiger partial charge in [0.1, 0.15) is 0 Å². The number of rotatable bonds is 1. The molecule has 0 aliphatic carbocycles. The fourth-order valence-corrected chi connectivity index (χ4v) is 2.06. The largest absolute Gasteiger partial charge is 0.299 e. The third-order valence-corrected chi connectivity index (χ3v) is 2.75. The highest BCUT2D eigenvalue weighted by atomic mass is 32.2. The van der Waals surface area contributed by atoms with Crippen LogP contribution in [0.5, 0.6) is 0 Å². The van der Waals surface area contributed by atoms with Gasteiger partial charge in [-0.1, -0.05) is 0 Å². The lowest BCUT2D eigenvalue weighted by atomic mass is 10.4. The molecule has 1 aliphatic heterocycles. The van der Waals surface area contributed by atoms with E-state index in [0.29, 0.717) is 5.37 Å². The maximum Gasteiger partial charge on any atom is 0.0978 e. The Morgan fingerprint density at radius 1 is 1.55 bits per heavy atom. The highest BCUT2D eigenvalue weighted by molar-refractivity contribution is 7.99. The second-order valence-corrected chi connectivity index (χ2v) is 3.55. The van der Waals surface area contributed by atoms with Crippen LogP contribution in [0.4, 0.5) is 0 Å². The van der Waals surface area contributed by atoms with E-state index in [1.54, 1.807) is 12.4 Å². The van der Waals surface area contributed by atoms with E-state index in [2.05, 4.69) is 15.3 Å². The van der Waals surface area contributed by atoms with Crippen LogP contribution in [0, 0.1) is 0 Å². The predicted molar refractivity (Wildman–Crippen MR) is 45.2 cm³/mol. The van der Waals surface area contributed by atoms with E-state index >= 15 is 0 Å². The molecule has 1 aromatic heterocycles. The number of nitrogens with zero attached hydrogens (tertiary/aromatic N) is 2. The minimum Gasteiger partial charge on any atom is -0.299 e. The smallest absolute Gasteiger partial charge is 0.0978 e. The highest BCUT2D eigenvalue weighted by Crippen LogP contribution is 2.27. The summed E-state index contributed by atoms with van der Waals surface area (Å²) in [4.78, 5) is 8.23. The Bertz CT molecular complexity index is 220. The van der Waals surface area contributed by atoms with Crippen molar-refractivity contribution in [3.05, 3.63) is 24.3 Å². The Labute approximate surface area is 69.6 Å². The fourth-order valence-electron chi connectivity index (χ4n) is 1.06. The molecule has 0 saturated carbocycles.